The van der Waals surface area contributed by atoms with Crippen LogP contribution in [0.4, 0.5) is 4.79 Å². The first-order chi connectivity index (χ1) is 22.2. The first kappa shape index (κ1) is 32.1. The molecule has 0 aliphatic heterocycles. The molecule has 0 unspecified atom stereocenters. The second-order valence-electron chi connectivity index (χ2n) is 10.7. The molecule has 5 aromatic rings. The summed E-state index contributed by atoms with van der Waals surface area (Å²) in [6, 6.07) is 26.0. The highest BCUT2D eigenvalue weighted by Gasteiger charge is 2.25. The first-order valence-electron chi connectivity index (χ1n) is 14.6. The summed E-state index contributed by atoms with van der Waals surface area (Å²) in [5, 5.41) is 17.5. The molecule has 0 fully saturated rings. The van der Waals surface area contributed by atoms with E-state index < -0.39 is 27.6 Å². The van der Waals surface area contributed by atoms with Crippen LogP contribution in [-0.4, -0.2) is 53.8 Å². The number of urea groups is 1. The summed E-state index contributed by atoms with van der Waals surface area (Å²) in [4.78, 5) is 43.9. The monoisotopic (exact) mass is 639 g/mol. The number of aliphatic carboxylic acids is 1. The molecule has 5 rings (SSSR count). The molecule has 1 atom stereocenters. The van der Waals surface area contributed by atoms with E-state index in [0.29, 0.717) is 17.6 Å². The van der Waals surface area contributed by atoms with Crippen LogP contribution in [0, 0.1) is 0 Å². The van der Waals surface area contributed by atoms with Crippen molar-refractivity contribution < 1.29 is 23.1 Å². The number of nitrogens with one attached hydrogen (secondary N) is 4. The van der Waals surface area contributed by atoms with E-state index in [9.17, 15) is 27.9 Å². The minimum absolute atomic E-state index is 0.0376. The predicted molar refractivity (Wildman–Crippen MR) is 178 cm³/mol. The summed E-state index contributed by atoms with van der Waals surface area (Å²) in [5.41, 5.74) is 2.36. The van der Waals surface area contributed by atoms with Gasteiger partial charge in [0.2, 0.25) is 10.0 Å². The van der Waals surface area contributed by atoms with E-state index in [1.165, 1.54) is 0 Å². The largest absolute Gasteiger partial charge is 0.480 e. The van der Waals surface area contributed by atoms with Crippen molar-refractivity contribution in [3.05, 3.63) is 130 Å². The molecule has 0 saturated heterocycles. The number of sulfonamides is 1. The van der Waals surface area contributed by atoms with E-state index in [0.717, 1.165) is 21.9 Å². The van der Waals surface area contributed by atoms with E-state index in [1.54, 1.807) is 30.4 Å². The van der Waals surface area contributed by atoms with Crippen molar-refractivity contribution in [2.24, 2.45) is 0 Å². The number of carbonyl (C=O) groups excluding carboxylic acids is 1. The second kappa shape index (κ2) is 14.6. The third kappa shape index (κ3) is 8.65. The molecule has 0 saturated carbocycles. The zero-order chi connectivity index (χ0) is 32.5. The lowest BCUT2D eigenvalue weighted by Gasteiger charge is -2.15. The van der Waals surface area contributed by atoms with Gasteiger partial charge in [0.15, 0.2) is 0 Å². The normalized spacial score (nSPS) is 12.3. The lowest BCUT2D eigenvalue weighted by atomic mass is 10.0. The fraction of sp³-hybridized carbons (Fsp3) is 0.176. The van der Waals surface area contributed by atoms with E-state index >= 15 is 0 Å². The third-order valence-corrected chi connectivity index (χ3v) is 8.69. The fourth-order valence-electron chi connectivity index (χ4n) is 5.00. The summed E-state index contributed by atoms with van der Waals surface area (Å²) in [6.45, 7) is 0.671. The Morgan fingerprint density at radius 3 is 2.48 bits per heavy atom. The molecular formula is C34H33N5O6S. The van der Waals surface area contributed by atoms with Crippen molar-refractivity contribution in [2.75, 3.05) is 12.3 Å². The highest BCUT2D eigenvalue weighted by atomic mass is 32.2. The average molecular weight is 640 g/mol. The van der Waals surface area contributed by atoms with Gasteiger partial charge in [0.05, 0.1) is 16.7 Å². The first-order valence-corrected chi connectivity index (χ1v) is 16.3. The Bertz CT molecular complexity index is 2060. The second-order valence-corrected chi connectivity index (χ2v) is 12.5. The maximum absolute atomic E-state index is 12.9. The Kier molecular flexibility index (Phi) is 10.2. The summed E-state index contributed by atoms with van der Waals surface area (Å²) in [6.07, 6.45) is 3.33. The molecule has 0 bridgehead atoms. The molecule has 2 amide bonds. The standard InChI is InChI=1S/C34H33N5O6S/c40-32-28-20-23(10-7-18-35-34(43)36-22-24-8-2-1-3-9-24)15-16-29(28)37-31(38-32)21-30(33(41)42)39-46(44,45)19-17-26-13-6-12-25-11-4-5-14-27(25)26/h1-16,20,30,39H,17-19,21-22H2,(H,41,42)(H2,35,36,43)(H,37,38,40)/t30-/m0/s1. The van der Waals surface area contributed by atoms with Gasteiger partial charge in [-0.1, -0.05) is 91.0 Å². The molecule has 0 spiro atoms. The van der Waals surface area contributed by atoms with Gasteiger partial charge in [-0.15, -0.1) is 0 Å². The predicted octanol–water partition coefficient (Wildman–Crippen LogP) is 3.75. The number of amides is 2. The Morgan fingerprint density at radius 2 is 1.67 bits per heavy atom. The van der Waals surface area contributed by atoms with Crippen LogP contribution in [-0.2, 0) is 34.2 Å². The Morgan fingerprint density at radius 1 is 0.913 bits per heavy atom. The average Bonchev–Trinajstić information content (AvgIpc) is 3.05. The lowest BCUT2D eigenvalue weighted by Crippen LogP contribution is -2.44. The van der Waals surface area contributed by atoms with Crippen LogP contribution < -0.4 is 20.9 Å². The SMILES string of the molecule is O=C(NCC=Cc1ccc2nc(C[C@H](NS(=O)(=O)CCc3cccc4ccccc34)C(=O)O)[nH]c(=O)c2c1)NCc1ccccc1. The molecule has 46 heavy (non-hydrogen) atoms. The molecule has 0 radical (unpaired) electrons. The highest BCUT2D eigenvalue weighted by molar-refractivity contribution is 7.89. The van der Waals surface area contributed by atoms with Crippen molar-refractivity contribution in [2.45, 2.75) is 25.4 Å². The lowest BCUT2D eigenvalue weighted by molar-refractivity contribution is -0.139. The molecule has 12 heteroatoms. The van der Waals surface area contributed by atoms with Gasteiger partial charge < -0.3 is 20.7 Å². The van der Waals surface area contributed by atoms with Crippen LogP contribution in [0.25, 0.3) is 27.8 Å². The number of rotatable bonds is 13. The molecule has 5 N–H and O–H groups in total. The topological polar surface area (TPSA) is 170 Å². The molecule has 11 nitrogen and oxygen atoms in total. The zero-order valence-electron chi connectivity index (χ0n) is 24.8. The maximum Gasteiger partial charge on any atom is 0.322 e. The Hall–Kier alpha value is -5.33. The van der Waals surface area contributed by atoms with E-state index in [1.807, 2.05) is 72.8 Å². The van der Waals surface area contributed by atoms with Crippen molar-refractivity contribution in [1.29, 1.82) is 0 Å². The van der Waals surface area contributed by atoms with Crippen LogP contribution in [0.2, 0.25) is 0 Å². The number of hydrogen-bond acceptors (Lipinski definition) is 6. The minimum Gasteiger partial charge on any atom is -0.480 e. The van der Waals surface area contributed by atoms with Crippen molar-refractivity contribution >= 4 is 49.8 Å². The van der Waals surface area contributed by atoms with Gasteiger partial charge >= 0.3 is 12.0 Å². The smallest absolute Gasteiger partial charge is 0.322 e. The van der Waals surface area contributed by atoms with Gasteiger partial charge in [0.25, 0.3) is 5.56 Å². The van der Waals surface area contributed by atoms with Gasteiger partial charge in [-0.3, -0.25) is 9.59 Å². The molecule has 0 aliphatic rings. The number of carboxylic acid groups (broad SMARTS) is 1. The van der Waals surface area contributed by atoms with Crippen molar-refractivity contribution in [3.8, 4) is 0 Å². The maximum atomic E-state index is 12.9. The van der Waals surface area contributed by atoms with Crippen LogP contribution in [0.15, 0.2) is 102 Å². The number of aryl methyl sites for hydroxylation is 1. The Labute approximate surface area is 265 Å². The minimum atomic E-state index is -3.99. The number of nitrogens with zero attached hydrogens (tertiary/aromatic N) is 1. The van der Waals surface area contributed by atoms with Crippen LogP contribution in [0.5, 0.6) is 0 Å². The number of aromatic amines is 1. The summed E-state index contributed by atoms with van der Waals surface area (Å²) < 4.78 is 28.1. The molecule has 1 heterocycles. The molecule has 236 valence electrons. The summed E-state index contributed by atoms with van der Waals surface area (Å²) in [5.74, 6) is -1.66. The van der Waals surface area contributed by atoms with E-state index in [2.05, 4.69) is 25.3 Å². The van der Waals surface area contributed by atoms with Gasteiger partial charge in [0, 0.05) is 19.5 Å². The van der Waals surface area contributed by atoms with E-state index in [-0.39, 0.29) is 42.4 Å². The number of carbonyl (C=O) groups is 2. The van der Waals surface area contributed by atoms with Gasteiger partial charge in [0.1, 0.15) is 11.9 Å². The number of carboxylic acids is 1. The van der Waals surface area contributed by atoms with Gasteiger partial charge in [-0.25, -0.2) is 22.9 Å². The molecular weight excluding hydrogens is 606 g/mol. The quantitative estimate of drug-likeness (QED) is 0.131. The van der Waals surface area contributed by atoms with Gasteiger partial charge in [-0.2, -0.15) is 0 Å². The highest BCUT2D eigenvalue weighted by Crippen LogP contribution is 2.19. The van der Waals surface area contributed by atoms with E-state index in [4.69, 9.17) is 0 Å². The van der Waals surface area contributed by atoms with Crippen LogP contribution in [0.1, 0.15) is 22.5 Å². The number of benzene rings is 4. The van der Waals surface area contributed by atoms with Crippen molar-refractivity contribution in [3.63, 3.8) is 0 Å². The summed E-state index contributed by atoms with van der Waals surface area (Å²) in [7, 11) is -3.99. The number of hydrogen-bond donors (Lipinski definition) is 5. The fourth-order valence-corrected chi connectivity index (χ4v) is 6.22. The third-order valence-electron chi connectivity index (χ3n) is 7.30. The number of aromatic nitrogens is 2. The summed E-state index contributed by atoms with van der Waals surface area (Å²) >= 11 is 0. The molecule has 0 aliphatic carbocycles. The number of fused-ring (bicyclic) bond motifs is 2. The molecule has 4 aromatic carbocycles. The molecule has 1 aromatic heterocycles. The van der Waals surface area contributed by atoms with Crippen molar-refractivity contribution in [1.82, 2.24) is 25.3 Å². The Balaban J connectivity index is 1.18. The zero-order valence-corrected chi connectivity index (χ0v) is 25.6. The van der Waals surface area contributed by atoms with Gasteiger partial charge in [-0.05, 0) is 46.0 Å². The number of H-pyrrole nitrogens is 1. The van der Waals surface area contributed by atoms with Crippen LogP contribution in [0.3, 0.4) is 0 Å². The van der Waals surface area contributed by atoms with Crippen LogP contribution >= 0.6 is 0 Å².